The monoisotopic (exact) mass is 276 g/mol. The summed E-state index contributed by atoms with van der Waals surface area (Å²) in [5.74, 6) is 0. The van der Waals surface area contributed by atoms with Crippen molar-refractivity contribution in [2.24, 2.45) is 0 Å². The second-order valence-electron chi connectivity index (χ2n) is 1.76. The van der Waals surface area contributed by atoms with Crippen molar-refractivity contribution in [1.29, 1.82) is 0 Å². The van der Waals surface area contributed by atoms with Gasteiger partial charge >= 0.3 is 26.0 Å². The molecule has 0 unspecified atom stereocenters. The van der Waals surface area contributed by atoms with Crippen LogP contribution in [-0.2, 0) is 24.7 Å². The van der Waals surface area contributed by atoms with Crippen LogP contribution in [0.1, 0.15) is 6.92 Å². The first-order valence-electron chi connectivity index (χ1n) is 2.97. The molecule has 0 rings (SSSR count). The van der Waals surface area contributed by atoms with Gasteiger partial charge in [-0.15, -0.1) is 0 Å². The van der Waals surface area contributed by atoms with Crippen LogP contribution in [0.3, 0.4) is 0 Å². The normalized spacial score (nSPS) is 12.9. The lowest BCUT2D eigenvalue weighted by Gasteiger charge is -1.97. The van der Waals surface area contributed by atoms with E-state index >= 15 is 0 Å². The summed E-state index contributed by atoms with van der Waals surface area (Å²) < 4.78 is 88.2. The van der Waals surface area contributed by atoms with Gasteiger partial charge in [-0.05, 0) is 6.92 Å². The molecule has 0 amide bonds. The fourth-order valence-corrected chi connectivity index (χ4v) is 0.447. The number of rotatable bonds is 2. The Kier molecular flexibility index (Phi) is 6.34. The quantitative estimate of drug-likeness (QED) is 0.547. The molecule has 0 radical (unpaired) electrons. The summed E-state index contributed by atoms with van der Waals surface area (Å²) in [6.45, 7) is 1.44. The molecule has 2 N–H and O–H groups in total. The molecule has 0 aromatic rings. The molecule has 0 spiro atoms. The summed E-state index contributed by atoms with van der Waals surface area (Å²) in [7, 11) is -10.0. The molecule has 0 saturated carbocycles. The largest absolute Gasteiger partial charge is 0.522 e. The van der Waals surface area contributed by atoms with Crippen molar-refractivity contribution in [3.63, 3.8) is 0 Å². The van der Waals surface area contributed by atoms with Crippen LogP contribution in [0.2, 0.25) is 0 Å². The molecular weight excluding hydrogens is 269 g/mol. The van der Waals surface area contributed by atoms with E-state index in [-0.39, 0.29) is 6.61 Å². The van der Waals surface area contributed by atoms with Crippen molar-refractivity contribution < 1.29 is 43.3 Å². The minimum atomic E-state index is -5.84. The van der Waals surface area contributed by atoms with Gasteiger partial charge in [0, 0.05) is 0 Å². The molecule has 0 heterocycles. The molecule has 94 valence electrons. The van der Waals surface area contributed by atoms with Crippen LogP contribution in [0.4, 0.5) is 13.2 Å². The van der Waals surface area contributed by atoms with Gasteiger partial charge in [0.25, 0.3) is 0 Å². The lowest BCUT2D eigenvalue weighted by Crippen LogP contribution is -2.21. The zero-order chi connectivity index (χ0) is 12.9. The van der Waals surface area contributed by atoms with Crippen LogP contribution in [0, 0.1) is 0 Å². The van der Waals surface area contributed by atoms with Gasteiger partial charge in [-0.2, -0.15) is 30.0 Å². The predicted molar refractivity (Wildman–Crippen MR) is 40.8 cm³/mol. The van der Waals surface area contributed by atoms with Gasteiger partial charge in [0.15, 0.2) is 0 Å². The molecule has 0 fully saturated rings. The lowest BCUT2D eigenvalue weighted by atomic mass is 10.9. The summed E-state index contributed by atoms with van der Waals surface area (Å²) in [5, 5.41) is 0. The fraction of sp³-hybridized carbons (Fsp3) is 1.00. The first-order chi connectivity index (χ1) is 6.31. The van der Waals surface area contributed by atoms with E-state index in [4.69, 9.17) is 17.5 Å². The van der Waals surface area contributed by atoms with Crippen molar-refractivity contribution in [3.8, 4) is 0 Å². The lowest BCUT2D eigenvalue weighted by molar-refractivity contribution is -0.0510. The van der Waals surface area contributed by atoms with E-state index in [2.05, 4.69) is 4.18 Å². The zero-order valence-corrected chi connectivity index (χ0v) is 8.73. The highest BCUT2D eigenvalue weighted by molar-refractivity contribution is 7.86. The van der Waals surface area contributed by atoms with Gasteiger partial charge in [-0.3, -0.25) is 9.11 Å². The molecule has 0 atom stereocenters. The van der Waals surface area contributed by atoms with Crippen molar-refractivity contribution in [2.75, 3.05) is 6.61 Å². The van der Waals surface area contributed by atoms with Crippen molar-refractivity contribution in [1.82, 2.24) is 0 Å². The molecule has 7 nitrogen and oxygen atoms in total. The Morgan fingerprint density at radius 3 is 1.40 bits per heavy atom. The molecule has 0 aromatic carbocycles. The van der Waals surface area contributed by atoms with Crippen LogP contribution < -0.4 is 0 Å². The van der Waals surface area contributed by atoms with Crippen LogP contribution in [-0.4, -0.2) is 38.1 Å². The molecule has 12 heteroatoms. The van der Waals surface area contributed by atoms with Gasteiger partial charge in [0.1, 0.15) is 0 Å². The summed E-state index contributed by atoms with van der Waals surface area (Å²) in [4.78, 5) is 0. The summed E-state index contributed by atoms with van der Waals surface area (Å²) in [5.41, 5.74) is -5.53. The molecule has 15 heavy (non-hydrogen) atoms. The zero-order valence-electron chi connectivity index (χ0n) is 7.09. The molecule has 0 aliphatic rings. The third kappa shape index (κ3) is 11.5. The van der Waals surface area contributed by atoms with Gasteiger partial charge in [0.05, 0.1) is 6.61 Å². The van der Waals surface area contributed by atoms with Crippen molar-refractivity contribution in [2.45, 2.75) is 12.4 Å². The minimum absolute atomic E-state index is 0.0289. The van der Waals surface area contributed by atoms with E-state index in [9.17, 15) is 21.6 Å². The summed E-state index contributed by atoms with van der Waals surface area (Å²) >= 11 is 0. The van der Waals surface area contributed by atoms with E-state index in [0.717, 1.165) is 0 Å². The number of halogens is 3. The van der Waals surface area contributed by atoms with Crippen LogP contribution in [0.15, 0.2) is 0 Å². The third-order valence-corrected chi connectivity index (χ3v) is 1.68. The van der Waals surface area contributed by atoms with Crippen LogP contribution >= 0.6 is 0 Å². The van der Waals surface area contributed by atoms with Crippen molar-refractivity contribution in [3.05, 3.63) is 0 Å². The second-order valence-corrected chi connectivity index (χ2v) is 4.26. The molecule has 0 aromatic heterocycles. The van der Waals surface area contributed by atoms with E-state index in [1.807, 2.05) is 0 Å². The number of hydrogen-bond donors (Lipinski definition) is 2. The number of alkyl halides is 3. The first kappa shape index (κ1) is 17.0. The maximum absolute atomic E-state index is 10.7. The average Bonchev–Trinajstić information content (AvgIpc) is 1.79. The molecule has 0 aliphatic heterocycles. The van der Waals surface area contributed by atoms with E-state index in [1.54, 1.807) is 0 Å². The van der Waals surface area contributed by atoms with Gasteiger partial charge in [-0.25, -0.2) is 4.18 Å². The van der Waals surface area contributed by atoms with Crippen LogP contribution in [0.5, 0.6) is 0 Å². The highest BCUT2D eigenvalue weighted by Gasteiger charge is 2.44. The van der Waals surface area contributed by atoms with Gasteiger partial charge < -0.3 is 0 Å². The predicted octanol–water partition coefficient (Wildman–Crippen LogP) is 0.220. The highest BCUT2D eigenvalue weighted by Crippen LogP contribution is 2.20. The summed E-state index contributed by atoms with van der Waals surface area (Å²) in [6, 6.07) is 0. The van der Waals surface area contributed by atoms with E-state index in [0.29, 0.717) is 0 Å². The standard InChI is InChI=1S/C2H6O4S.CHF3O3S/c1-2-6-7(3,4)5;2-1(3,4)8(5,6)7/h2H2,1H3,(H,3,4,5);(H,5,6,7). The van der Waals surface area contributed by atoms with E-state index in [1.165, 1.54) is 6.92 Å². The Morgan fingerprint density at radius 1 is 1.13 bits per heavy atom. The molecular formula is C3H7F3O7S2. The Labute approximate surface area is 83.6 Å². The molecule has 0 saturated heterocycles. The smallest absolute Gasteiger partial charge is 0.279 e. The maximum atomic E-state index is 10.7. The topological polar surface area (TPSA) is 118 Å². The molecule has 0 bridgehead atoms. The summed E-state index contributed by atoms with van der Waals surface area (Å²) in [6.07, 6.45) is 0. The van der Waals surface area contributed by atoms with Gasteiger partial charge in [0.2, 0.25) is 0 Å². The Morgan fingerprint density at radius 2 is 1.40 bits per heavy atom. The Hall–Kier alpha value is -0.430. The molecule has 0 aliphatic carbocycles. The average molecular weight is 276 g/mol. The Balaban J connectivity index is 0. The Bertz CT molecular complexity index is 365. The third-order valence-electron chi connectivity index (χ3n) is 0.559. The number of hydrogen-bond acceptors (Lipinski definition) is 5. The fourth-order valence-electron chi connectivity index (χ4n) is 0.149. The first-order valence-corrected chi connectivity index (χ1v) is 5.77. The van der Waals surface area contributed by atoms with E-state index < -0.39 is 26.0 Å². The highest BCUT2D eigenvalue weighted by atomic mass is 32.3. The maximum Gasteiger partial charge on any atom is 0.522 e. The van der Waals surface area contributed by atoms with Crippen molar-refractivity contribution >= 4 is 20.5 Å². The SMILES string of the molecule is CCOS(=O)(=O)O.O=S(=O)(O)C(F)(F)F. The minimum Gasteiger partial charge on any atom is -0.279 e. The second kappa shape index (κ2) is 5.60. The van der Waals surface area contributed by atoms with Gasteiger partial charge in [-0.1, -0.05) is 0 Å². The van der Waals surface area contributed by atoms with Crippen LogP contribution in [0.25, 0.3) is 0 Å².